The van der Waals surface area contributed by atoms with Gasteiger partial charge in [-0.2, -0.15) is 0 Å². The predicted molar refractivity (Wildman–Crippen MR) is 76.9 cm³/mol. The van der Waals surface area contributed by atoms with E-state index in [2.05, 4.69) is 28.6 Å². The minimum absolute atomic E-state index is 0.735. The molecule has 1 aromatic carbocycles. The van der Waals surface area contributed by atoms with Crippen molar-refractivity contribution in [1.82, 2.24) is 0 Å². The molecular weight excluding hydrogens is 294 g/mol. The highest BCUT2D eigenvalue weighted by atomic mass is 79.9. The minimum Gasteiger partial charge on any atom is -0.493 e. The fraction of sp³-hybridized carbons (Fsp3) is 0.571. The molecule has 0 bridgehead atoms. The summed E-state index contributed by atoms with van der Waals surface area (Å²) in [4.78, 5) is 0. The number of benzene rings is 1. The first-order chi connectivity index (χ1) is 8.72. The molecular formula is C14H23BrNO2+. The zero-order valence-corrected chi connectivity index (χ0v) is 12.9. The van der Waals surface area contributed by atoms with Gasteiger partial charge in [-0.25, -0.2) is 0 Å². The smallest absolute Gasteiger partial charge is 0.175 e. The fourth-order valence-electron chi connectivity index (χ4n) is 1.76. The van der Waals surface area contributed by atoms with Gasteiger partial charge in [0.2, 0.25) is 0 Å². The SMILES string of the molecule is CCCCCCOc1c(Br)cc(C[NH3+])cc1OC. The zero-order chi connectivity index (χ0) is 13.4. The van der Waals surface area contributed by atoms with Crippen LogP contribution in [-0.4, -0.2) is 13.7 Å². The molecule has 1 rings (SSSR count). The summed E-state index contributed by atoms with van der Waals surface area (Å²) >= 11 is 3.53. The topological polar surface area (TPSA) is 46.1 Å². The normalized spacial score (nSPS) is 10.4. The van der Waals surface area contributed by atoms with Crippen LogP contribution in [0.25, 0.3) is 0 Å². The van der Waals surface area contributed by atoms with Crippen LogP contribution in [0.15, 0.2) is 16.6 Å². The van der Waals surface area contributed by atoms with Gasteiger partial charge >= 0.3 is 0 Å². The fourth-order valence-corrected chi connectivity index (χ4v) is 2.36. The van der Waals surface area contributed by atoms with E-state index in [-0.39, 0.29) is 0 Å². The van der Waals surface area contributed by atoms with Crippen LogP contribution < -0.4 is 15.2 Å². The largest absolute Gasteiger partial charge is 0.493 e. The summed E-state index contributed by atoms with van der Waals surface area (Å²) in [6, 6.07) is 4.02. The van der Waals surface area contributed by atoms with E-state index in [1.807, 2.05) is 12.1 Å². The molecule has 1 aromatic rings. The third kappa shape index (κ3) is 4.50. The summed E-state index contributed by atoms with van der Waals surface area (Å²) in [7, 11) is 1.67. The average molecular weight is 317 g/mol. The first-order valence-electron chi connectivity index (χ1n) is 6.51. The molecule has 0 spiro atoms. The summed E-state index contributed by atoms with van der Waals surface area (Å²) in [5.74, 6) is 1.57. The number of hydrogen-bond donors (Lipinski definition) is 1. The van der Waals surface area contributed by atoms with E-state index in [0.29, 0.717) is 0 Å². The van der Waals surface area contributed by atoms with E-state index < -0.39 is 0 Å². The Morgan fingerprint density at radius 2 is 2.00 bits per heavy atom. The van der Waals surface area contributed by atoms with Crippen molar-refractivity contribution in [2.45, 2.75) is 39.2 Å². The van der Waals surface area contributed by atoms with Crippen molar-refractivity contribution in [2.75, 3.05) is 13.7 Å². The van der Waals surface area contributed by atoms with Crippen LogP contribution >= 0.6 is 15.9 Å². The Hall–Kier alpha value is -0.740. The lowest BCUT2D eigenvalue weighted by Crippen LogP contribution is -2.47. The van der Waals surface area contributed by atoms with E-state index >= 15 is 0 Å². The third-order valence-corrected chi connectivity index (χ3v) is 3.41. The lowest BCUT2D eigenvalue weighted by molar-refractivity contribution is -0.386. The van der Waals surface area contributed by atoms with Crippen molar-refractivity contribution in [2.24, 2.45) is 0 Å². The van der Waals surface area contributed by atoms with E-state index in [9.17, 15) is 0 Å². The molecule has 0 heterocycles. The van der Waals surface area contributed by atoms with Gasteiger partial charge < -0.3 is 15.2 Å². The Morgan fingerprint density at radius 3 is 2.61 bits per heavy atom. The number of rotatable bonds is 8. The number of ether oxygens (including phenoxy) is 2. The molecule has 18 heavy (non-hydrogen) atoms. The molecule has 4 heteroatoms. The second kappa shape index (κ2) is 8.38. The molecule has 0 unspecified atom stereocenters. The second-order valence-electron chi connectivity index (χ2n) is 4.27. The van der Waals surface area contributed by atoms with Crippen LogP contribution in [0.3, 0.4) is 0 Å². The van der Waals surface area contributed by atoms with Crippen molar-refractivity contribution in [1.29, 1.82) is 0 Å². The summed E-state index contributed by atoms with van der Waals surface area (Å²) in [6.45, 7) is 3.68. The summed E-state index contributed by atoms with van der Waals surface area (Å²) in [5, 5.41) is 0. The molecule has 0 aromatic heterocycles. The van der Waals surface area contributed by atoms with Crippen molar-refractivity contribution < 1.29 is 15.2 Å². The maximum Gasteiger partial charge on any atom is 0.175 e. The van der Waals surface area contributed by atoms with Gasteiger partial charge in [-0.3, -0.25) is 0 Å². The standard InChI is InChI=1S/C14H22BrNO2/c1-3-4-5-6-7-18-14-12(15)8-11(10-16)9-13(14)17-2/h8-9H,3-7,10,16H2,1-2H3/p+1. The monoisotopic (exact) mass is 316 g/mol. The van der Waals surface area contributed by atoms with Crippen LogP contribution in [0.1, 0.15) is 38.2 Å². The third-order valence-electron chi connectivity index (χ3n) is 2.82. The summed E-state index contributed by atoms with van der Waals surface area (Å²) in [6.07, 6.45) is 4.81. The molecule has 0 amide bonds. The number of methoxy groups -OCH3 is 1. The van der Waals surface area contributed by atoms with Gasteiger partial charge in [0.1, 0.15) is 0 Å². The Kier molecular flexibility index (Phi) is 7.13. The molecule has 0 radical (unpaired) electrons. The first kappa shape index (κ1) is 15.3. The molecule has 3 nitrogen and oxygen atoms in total. The van der Waals surface area contributed by atoms with Crippen molar-refractivity contribution in [3.05, 3.63) is 22.2 Å². The van der Waals surface area contributed by atoms with Crippen molar-refractivity contribution in [3.8, 4) is 11.5 Å². The lowest BCUT2D eigenvalue weighted by Gasteiger charge is -2.13. The van der Waals surface area contributed by atoms with Gasteiger partial charge in [-0.05, 0) is 34.5 Å². The first-order valence-corrected chi connectivity index (χ1v) is 7.30. The average Bonchev–Trinajstić information content (AvgIpc) is 2.39. The summed E-state index contributed by atoms with van der Waals surface area (Å²) in [5.41, 5.74) is 5.02. The van der Waals surface area contributed by atoms with Crippen LogP contribution in [0.2, 0.25) is 0 Å². The van der Waals surface area contributed by atoms with Gasteiger partial charge in [0.15, 0.2) is 11.5 Å². The van der Waals surface area contributed by atoms with Crippen LogP contribution in [0, 0.1) is 0 Å². The molecule has 0 aliphatic carbocycles. The number of hydrogen-bond acceptors (Lipinski definition) is 2. The van der Waals surface area contributed by atoms with Gasteiger partial charge in [0.25, 0.3) is 0 Å². The Labute approximate surface area is 118 Å². The van der Waals surface area contributed by atoms with Crippen molar-refractivity contribution >= 4 is 15.9 Å². The molecule has 0 atom stereocenters. The van der Waals surface area contributed by atoms with Gasteiger partial charge in [-0.15, -0.1) is 0 Å². The van der Waals surface area contributed by atoms with E-state index in [1.54, 1.807) is 7.11 Å². The van der Waals surface area contributed by atoms with Gasteiger partial charge in [0.05, 0.1) is 24.7 Å². The maximum absolute atomic E-state index is 5.81. The Morgan fingerprint density at radius 1 is 1.22 bits per heavy atom. The highest BCUT2D eigenvalue weighted by Gasteiger charge is 2.11. The molecule has 3 N–H and O–H groups in total. The molecule has 0 aliphatic rings. The summed E-state index contributed by atoms with van der Waals surface area (Å²) < 4.78 is 12.1. The number of halogens is 1. The molecule has 102 valence electrons. The Bertz CT molecular complexity index is 369. The van der Waals surface area contributed by atoms with E-state index in [1.165, 1.54) is 19.3 Å². The predicted octanol–water partition coefficient (Wildman–Crippen LogP) is 3.16. The number of unbranched alkanes of at least 4 members (excludes halogenated alkanes) is 3. The highest BCUT2D eigenvalue weighted by Crippen LogP contribution is 2.36. The van der Waals surface area contributed by atoms with Crippen LogP contribution in [0.5, 0.6) is 11.5 Å². The minimum atomic E-state index is 0.735. The van der Waals surface area contributed by atoms with Crippen molar-refractivity contribution in [3.63, 3.8) is 0 Å². The van der Waals surface area contributed by atoms with E-state index in [4.69, 9.17) is 9.47 Å². The second-order valence-corrected chi connectivity index (χ2v) is 5.12. The van der Waals surface area contributed by atoms with Gasteiger partial charge in [-0.1, -0.05) is 26.2 Å². The number of quaternary nitrogens is 1. The maximum atomic E-state index is 5.81. The molecule has 0 saturated carbocycles. The Balaban J connectivity index is 2.63. The van der Waals surface area contributed by atoms with Gasteiger partial charge in [0, 0.05) is 5.56 Å². The van der Waals surface area contributed by atoms with Crippen LogP contribution in [-0.2, 0) is 6.54 Å². The lowest BCUT2D eigenvalue weighted by atomic mass is 10.2. The molecule has 0 fully saturated rings. The van der Waals surface area contributed by atoms with Crippen LogP contribution in [0.4, 0.5) is 0 Å². The molecule has 0 aliphatic heterocycles. The quantitative estimate of drug-likeness (QED) is 0.749. The zero-order valence-electron chi connectivity index (χ0n) is 11.3. The van der Waals surface area contributed by atoms with E-state index in [0.717, 1.165) is 41.1 Å². The highest BCUT2D eigenvalue weighted by molar-refractivity contribution is 9.10. The molecule has 0 saturated heterocycles.